The SMILES string of the molecule is Cc1cc(NCC(C(C)C)N2CCCC2)c(C#N)c(C)n1. The van der Waals surface area contributed by atoms with Gasteiger partial charge in [-0.1, -0.05) is 13.8 Å². The van der Waals surface area contributed by atoms with Crippen LogP contribution in [0.15, 0.2) is 6.07 Å². The standard InChI is InChI=1S/C17H26N4/c1-12(2)17(21-7-5-6-8-21)11-19-16-9-13(3)20-14(4)15(16)10-18/h9,12,17H,5-8,11H2,1-4H3,(H,19,20). The molecule has 0 aromatic carbocycles. The molecule has 1 aliphatic rings. The molecule has 1 N–H and O–H groups in total. The van der Waals surface area contributed by atoms with Crippen molar-refractivity contribution >= 4 is 5.69 Å². The largest absolute Gasteiger partial charge is 0.382 e. The lowest BCUT2D eigenvalue weighted by molar-refractivity contribution is 0.201. The zero-order valence-corrected chi connectivity index (χ0v) is 13.6. The van der Waals surface area contributed by atoms with Crippen LogP contribution >= 0.6 is 0 Å². The topological polar surface area (TPSA) is 52.0 Å². The van der Waals surface area contributed by atoms with E-state index in [9.17, 15) is 5.26 Å². The van der Waals surface area contributed by atoms with Crippen molar-refractivity contribution in [2.24, 2.45) is 5.92 Å². The second-order valence-electron chi connectivity index (χ2n) is 6.32. The molecule has 4 heteroatoms. The third-order valence-corrected chi connectivity index (χ3v) is 4.32. The van der Waals surface area contributed by atoms with Crippen molar-refractivity contribution in [3.8, 4) is 6.07 Å². The van der Waals surface area contributed by atoms with E-state index in [1.54, 1.807) is 0 Å². The summed E-state index contributed by atoms with van der Waals surface area (Å²) in [5, 5.41) is 12.8. The number of hydrogen-bond acceptors (Lipinski definition) is 4. The van der Waals surface area contributed by atoms with Gasteiger partial charge in [0.1, 0.15) is 6.07 Å². The highest BCUT2D eigenvalue weighted by Crippen LogP contribution is 2.22. The predicted molar refractivity (Wildman–Crippen MR) is 86.3 cm³/mol. The van der Waals surface area contributed by atoms with Crippen molar-refractivity contribution in [2.45, 2.75) is 46.6 Å². The van der Waals surface area contributed by atoms with Crippen molar-refractivity contribution in [3.63, 3.8) is 0 Å². The van der Waals surface area contributed by atoms with Crippen LogP contribution in [0.25, 0.3) is 0 Å². The minimum atomic E-state index is 0.521. The Morgan fingerprint density at radius 2 is 2.00 bits per heavy atom. The van der Waals surface area contributed by atoms with E-state index < -0.39 is 0 Å². The van der Waals surface area contributed by atoms with Crippen LogP contribution in [-0.4, -0.2) is 35.6 Å². The molecule has 0 aliphatic carbocycles. The van der Waals surface area contributed by atoms with E-state index >= 15 is 0 Å². The van der Waals surface area contributed by atoms with Crippen molar-refractivity contribution in [3.05, 3.63) is 23.0 Å². The molecule has 1 atom stereocenters. The summed E-state index contributed by atoms with van der Waals surface area (Å²) in [4.78, 5) is 6.95. The molecule has 2 heterocycles. The van der Waals surface area contributed by atoms with Crippen molar-refractivity contribution in [1.82, 2.24) is 9.88 Å². The summed E-state index contributed by atoms with van der Waals surface area (Å²) in [6.07, 6.45) is 2.61. The Hall–Kier alpha value is -1.60. The highest BCUT2D eigenvalue weighted by atomic mass is 15.2. The van der Waals surface area contributed by atoms with Crippen molar-refractivity contribution in [1.29, 1.82) is 5.26 Å². The summed E-state index contributed by atoms with van der Waals surface area (Å²) in [6, 6.07) is 4.78. The first-order valence-electron chi connectivity index (χ1n) is 7.89. The lowest BCUT2D eigenvalue weighted by atomic mass is 10.0. The fourth-order valence-electron chi connectivity index (χ4n) is 3.18. The molecular formula is C17H26N4. The monoisotopic (exact) mass is 286 g/mol. The van der Waals surface area contributed by atoms with Crippen molar-refractivity contribution < 1.29 is 0 Å². The summed E-state index contributed by atoms with van der Waals surface area (Å²) in [5.74, 6) is 0.602. The number of aryl methyl sites for hydroxylation is 2. The van der Waals surface area contributed by atoms with Crippen LogP contribution in [0, 0.1) is 31.1 Å². The minimum absolute atomic E-state index is 0.521. The van der Waals surface area contributed by atoms with Crippen LogP contribution in [0.3, 0.4) is 0 Å². The van der Waals surface area contributed by atoms with Gasteiger partial charge in [-0.3, -0.25) is 9.88 Å². The Morgan fingerprint density at radius 1 is 1.33 bits per heavy atom. The molecule has 0 radical (unpaired) electrons. The summed E-state index contributed by atoms with van der Waals surface area (Å²) >= 11 is 0. The number of nitrogens with zero attached hydrogens (tertiary/aromatic N) is 3. The van der Waals surface area contributed by atoms with Crippen LogP contribution in [0.5, 0.6) is 0 Å². The van der Waals surface area contributed by atoms with Gasteiger partial charge in [-0.25, -0.2) is 0 Å². The highest BCUT2D eigenvalue weighted by Gasteiger charge is 2.24. The normalized spacial score (nSPS) is 17.0. The predicted octanol–water partition coefficient (Wildman–Crippen LogP) is 3.10. The van der Waals surface area contributed by atoms with Gasteiger partial charge < -0.3 is 5.32 Å². The smallest absolute Gasteiger partial charge is 0.103 e. The van der Waals surface area contributed by atoms with Gasteiger partial charge in [0.25, 0.3) is 0 Å². The first-order chi connectivity index (χ1) is 10.0. The molecule has 4 nitrogen and oxygen atoms in total. The van der Waals surface area contributed by atoms with Crippen LogP contribution in [0.4, 0.5) is 5.69 Å². The molecule has 21 heavy (non-hydrogen) atoms. The molecule has 1 aromatic heterocycles. The van der Waals surface area contributed by atoms with Crippen LogP contribution in [-0.2, 0) is 0 Å². The minimum Gasteiger partial charge on any atom is -0.382 e. The Kier molecular flexibility index (Phi) is 5.19. The zero-order chi connectivity index (χ0) is 15.4. The van der Waals surface area contributed by atoms with Gasteiger partial charge in [-0.05, 0) is 51.8 Å². The lowest BCUT2D eigenvalue weighted by Gasteiger charge is -2.31. The highest BCUT2D eigenvalue weighted by molar-refractivity contribution is 5.59. The number of rotatable bonds is 5. The average Bonchev–Trinajstić information content (AvgIpc) is 2.92. The van der Waals surface area contributed by atoms with Crippen molar-refractivity contribution in [2.75, 3.05) is 25.0 Å². The lowest BCUT2D eigenvalue weighted by Crippen LogP contribution is -2.42. The first-order valence-corrected chi connectivity index (χ1v) is 7.89. The second-order valence-corrected chi connectivity index (χ2v) is 6.32. The molecule has 1 fully saturated rings. The second kappa shape index (κ2) is 6.91. The Balaban J connectivity index is 2.12. The number of likely N-dealkylation sites (tertiary alicyclic amines) is 1. The number of nitrogens with one attached hydrogen (secondary N) is 1. The van der Waals surface area contributed by atoms with E-state index in [4.69, 9.17) is 0 Å². The zero-order valence-electron chi connectivity index (χ0n) is 13.6. The number of hydrogen-bond donors (Lipinski definition) is 1. The molecule has 1 saturated heterocycles. The Morgan fingerprint density at radius 3 is 2.57 bits per heavy atom. The van der Waals surface area contributed by atoms with E-state index in [2.05, 4.69) is 35.1 Å². The molecule has 114 valence electrons. The van der Waals surface area contributed by atoms with Gasteiger partial charge >= 0.3 is 0 Å². The molecule has 2 rings (SSSR count). The third-order valence-electron chi connectivity index (χ3n) is 4.32. The Bertz CT molecular complexity index is 524. The summed E-state index contributed by atoms with van der Waals surface area (Å²) < 4.78 is 0. The molecule has 1 aromatic rings. The molecule has 0 saturated carbocycles. The first kappa shape index (κ1) is 15.8. The average molecular weight is 286 g/mol. The summed E-state index contributed by atoms with van der Waals surface area (Å²) in [7, 11) is 0. The summed E-state index contributed by atoms with van der Waals surface area (Å²) in [5.41, 5.74) is 3.36. The van der Waals surface area contributed by atoms with Gasteiger partial charge in [-0.15, -0.1) is 0 Å². The van der Waals surface area contributed by atoms with Gasteiger partial charge in [0.15, 0.2) is 0 Å². The van der Waals surface area contributed by atoms with Gasteiger partial charge in [0.2, 0.25) is 0 Å². The molecule has 1 aliphatic heterocycles. The van der Waals surface area contributed by atoms with E-state index in [1.807, 2.05) is 19.9 Å². The van der Waals surface area contributed by atoms with Gasteiger partial charge in [-0.2, -0.15) is 5.26 Å². The molecule has 0 amide bonds. The third kappa shape index (κ3) is 3.74. The molecular weight excluding hydrogens is 260 g/mol. The quantitative estimate of drug-likeness (QED) is 0.903. The maximum absolute atomic E-state index is 9.34. The Labute approximate surface area is 128 Å². The maximum Gasteiger partial charge on any atom is 0.103 e. The van der Waals surface area contributed by atoms with Gasteiger partial charge in [0.05, 0.1) is 16.9 Å². The fourth-order valence-corrected chi connectivity index (χ4v) is 3.18. The van der Waals surface area contributed by atoms with Crippen LogP contribution in [0.2, 0.25) is 0 Å². The number of anilines is 1. The molecule has 0 spiro atoms. The number of nitriles is 1. The number of pyridine rings is 1. The number of aromatic nitrogens is 1. The van der Waals surface area contributed by atoms with Crippen LogP contribution < -0.4 is 5.32 Å². The van der Waals surface area contributed by atoms with Gasteiger partial charge in [0, 0.05) is 18.3 Å². The van der Waals surface area contributed by atoms with E-state index in [0.29, 0.717) is 17.5 Å². The van der Waals surface area contributed by atoms with Crippen LogP contribution in [0.1, 0.15) is 43.6 Å². The van der Waals surface area contributed by atoms with E-state index in [-0.39, 0.29) is 0 Å². The summed E-state index contributed by atoms with van der Waals surface area (Å²) in [6.45, 7) is 11.7. The molecule has 0 bridgehead atoms. The maximum atomic E-state index is 9.34. The van der Waals surface area contributed by atoms with E-state index in [1.165, 1.54) is 25.9 Å². The van der Waals surface area contributed by atoms with E-state index in [0.717, 1.165) is 23.6 Å². The fraction of sp³-hybridized carbons (Fsp3) is 0.647. The molecule has 1 unspecified atom stereocenters.